The van der Waals surface area contributed by atoms with Gasteiger partial charge in [0.05, 0.1) is 0 Å². The monoisotopic (exact) mass is 259 g/mol. The predicted octanol–water partition coefficient (Wildman–Crippen LogP) is 2.81. The third-order valence-electron chi connectivity index (χ3n) is 2.81. The summed E-state index contributed by atoms with van der Waals surface area (Å²) in [6.45, 7) is 1.96. The Morgan fingerprint density at radius 2 is 2.00 bits per heavy atom. The molecule has 1 amide bonds. The van der Waals surface area contributed by atoms with Gasteiger partial charge in [0.2, 0.25) is 5.91 Å². The first-order valence-electron chi connectivity index (χ1n) is 5.84. The van der Waals surface area contributed by atoms with Crippen molar-refractivity contribution in [3.63, 3.8) is 0 Å². The second-order valence-electron chi connectivity index (χ2n) is 4.22. The van der Waals surface area contributed by atoms with Crippen molar-refractivity contribution in [1.82, 2.24) is 0 Å². The number of rotatable bonds is 4. The van der Waals surface area contributed by atoms with Gasteiger partial charge in [-0.05, 0) is 36.8 Å². The summed E-state index contributed by atoms with van der Waals surface area (Å²) < 4.78 is 19.2. The molecule has 4 heteroatoms. The van der Waals surface area contributed by atoms with Gasteiger partial charge in [0, 0.05) is 11.1 Å². The number of aryl methyl sites for hydroxylation is 1. The number of carbonyl (C=O) groups excluding carboxylic acids is 1. The largest absolute Gasteiger partial charge is 0.489 e. The fourth-order valence-electron chi connectivity index (χ4n) is 1.71. The Kier molecular flexibility index (Phi) is 3.80. The van der Waals surface area contributed by atoms with Gasteiger partial charge >= 0.3 is 0 Å². The predicted molar refractivity (Wildman–Crippen MR) is 70.4 cm³/mol. The topological polar surface area (TPSA) is 52.3 Å². The zero-order valence-corrected chi connectivity index (χ0v) is 10.5. The van der Waals surface area contributed by atoms with Crippen LogP contribution in [0, 0.1) is 12.7 Å². The van der Waals surface area contributed by atoms with Crippen LogP contribution in [0.15, 0.2) is 42.5 Å². The van der Waals surface area contributed by atoms with Crippen molar-refractivity contribution >= 4 is 5.91 Å². The summed E-state index contributed by atoms with van der Waals surface area (Å²) in [6.07, 6.45) is 0. The molecule has 98 valence electrons. The van der Waals surface area contributed by atoms with Crippen LogP contribution in [0.4, 0.5) is 4.39 Å². The van der Waals surface area contributed by atoms with Gasteiger partial charge in [-0.3, -0.25) is 4.79 Å². The van der Waals surface area contributed by atoms with Crippen molar-refractivity contribution in [2.24, 2.45) is 5.73 Å². The van der Waals surface area contributed by atoms with E-state index in [0.717, 1.165) is 5.56 Å². The third-order valence-corrected chi connectivity index (χ3v) is 2.81. The lowest BCUT2D eigenvalue weighted by molar-refractivity contribution is 0.1000. The molecule has 0 atom stereocenters. The maximum atomic E-state index is 13.6. The summed E-state index contributed by atoms with van der Waals surface area (Å²) in [5.41, 5.74) is 6.70. The number of amides is 1. The van der Waals surface area contributed by atoms with E-state index in [4.69, 9.17) is 10.5 Å². The molecule has 0 heterocycles. The highest BCUT2D eigenvalue weighted by molar-refractivity contribution is 5.92. The quantitative estimate of drug-likeness (QED) is 0.917. The van der Waals surface area contributed by atoms with E-state index >= 15 is 0 Å². The van der Waals surface area contributed by atoms with E-state index in [9.17, 15) is 9.18 Å². The van der Waals surface area contributed by atoms with Gasteiger partial charge in [0.15, 0.2) is 0 Å². The minimum atomic E-state index is -0.586. The molecule has 0 saturated carbocycles. The molecule has 0 unspecified atom stereocenters. The Morgan fingerprint density at radius 1 is 1.26 bits per heavy atom. The molecule has 0 aliphatic rings. The Balaban J connectivity index is 2.17. The number of carbonyl (C=O) groups is 1. The van der Waals surface area contributed by atoms with Gasteiger partial charge in [0.1, 0.15) is 18.2 Å². The van der Waals surface area contributed by atoms with Gasteiger partial charge in [-0.25, -0.2) is 4.39 Å². The van der Waals surface area contributed by atoms with Crippen molar-refractivity contribution in [1.29, 1.82) is 0 Å². The number of nitrogens with two attached hydrogens (primary N) is 1. The highest BCUT2D eigenvalue weighted by Gasteiger charge is 2.08. The number of hydrogen-bond donors (Lipinski definition) is 1. The summed E-state index contributed by atoms with van der Waals surface area (Å²) in [5.74, 6) is -0.317. The van der Waals surface area contributed by atoms with Gasteiger partial charge in [0.25, 0.3) is 0 Å². The molecule has 2 aromatic carbocycles. The van der Waals surface area contributed by atoms with E-state index in [2.05, 4.69) is 0 Å². The van der Waals surface area contributed by atoms with Crippen LogP contribution in [0.5, 0.6) is 5.75 Å². The number of halogens is 1. The van der Waals surface area contributed by atoms with E-state index in [-0.39, 0.29) is 12.2 Å². The van der Waals surface area contributed by atoms with E-state index in [0.29, 0.717) is 11.3 Å². The normalized spacial score (nSPS) is 10.2. The lowest BCUT2D eigenvalue weighted by Crippen LogP contribution is -2.12. The van der Waals surface area contributed by atoms with E-state index in [1.165, 1.54) is 18.2 Å². The molecule has 2 N–H and O–H groups in total. The van der Waals surface area contributed by atoms with Crippen molar-refractivity contribution < 1.29 is 13.9 Å². The molecule has 0 saturated heterocycles. The fourth-order valence-corrected chi connectivity index (χ4v) is 1.71. The number of ether oxygens (including phenoxy) is 1. The first-order chi connectivity index (χ1) is 9.08. The summed E-state index contributed by atoms with van der Waals surface area (Å²) in [4.78, 5) is 11.1. The van der Waals surface area contributed by atoms with Crippen molar-refractivity contribution in [3.8, 4) is 5.75 Å². The Bertz CT molecular complexity index is 611. The SMILES string of the molecule is Cc1ccccc1OCc1cc(C(N)=O)ccc1F. The van der Waals surface area contributed by atoms with E-state index < -0.39 is 11.7 Å². The zero-order chi connectivity index (χ0) is 13.8. The van der Waals surface area contributed by atoms with Crippen LogP contribution in [0.3, 0.4) is 0 Å². The molecule has 0 fully saturated rings. The molecule has 2 aromatic rings. The van der Waals surface area contributed by atoms with Crippen LogP contribution in [0.1, 0.15) is 21.5 Å². The Labute approximate surface area is 110 Å². The van der Waals surface area contributed by atoms with Crippen molar-refractivity contribution in [2.45, 2.75) is 13.5 Å². The Morgan fingerprint density at radius 3 is 2.68 bits per heavy atom. The summed E-state index contributed by atoms with van der Waals surface area (Å²) in [6, 6.07) is 11.5. The first-order valence-corrected chi connectivity index (χ1v) is 5.84. The Hall–Kier alpha value is -2.36. The average molecular weight is 259 g/mol. The standard InChI is InChI=1S/C15H14FNO2/c1-10-4-2-3-5-14(10)19-9-12-8-11(15(17)18)6-7-13(12)16/h2-8H,9H2,1H3,(H2,17,18). The molecule has 0 bridgehead atoms. The van der Waals surface area contributed by atoms with Crippen LogP contribution in [0.25, 0.3) is 0 Å². The second kappa shape index (κ2) is 5.52. The first kappa shape index (κ1) is 13.1. The van der Waals surface area contributed by atoms with Crippen LogP contribution in [-0.4, -0.2) is 5.91 Å². The lowest BCUT2D eigenvalue weighted by atomic mass is 10.1. The van der Waals surface area contributed by atoms with Crippen molar-refractivity contribution in [2.75, 3.05) is 0 Å². The van der Waals surface area contributed by atoms with Gasteiger partial charge in [-0.15, -0.1) is 0 Å². The van der Waals surface area contributed by atoms with E-state index in [1.54, 1.807) is 0 Å². The van der Waals surface area contributed by atoms with Crippen LogP contribution in [-0.2, 0) is 6.61 Å². The smallest absolute Gasteiger partial charge is 0.248 e. The van der Waals surface area contributed by atoms with Crippen LogP contribution < -0.4 is 10.5 Å². The summed E-state index contributed by atoms with van der Waals surface area (Å²) in [5, 5.41) is 0. The molecule has 3 nitrogen and oxygen atoms in total. The summed E-state index contributed by atoms with van der Waals surface area (Å²) >= 11 is 0. The van der Waals surface area contributed by atoms with Gasteiger partial charge in [-0.2, -0.15) is 0 Å². The molecule has 0 radical (unpaired) electrons. The van der Waals surface area contributed by atoms with Crippen LogP contribution in [0.2, 0.25) is 0 Å². The highest BCUT2D eigenvalue weighted by Crippen LogP contribution is 2.19. The highest BCUT2D eigenvalue weighted by atomic mass is 19.1. The molecular weight excluding hydrogens is 245 g/mol. The van der Waals surface area contributed by atoms with Gasteiger partial charge < -0.3 is 10.5 Å². The molecule has 0 aliphatic heterocycles. The number of benzene rings is 2. The average Bonchev–Trinajstić information content (AvgIpc) is 2.39. The minimum Gasteiger partial charge on any atom is -0.489 e. The molecule has 0 aliphatic carbocycles. The number of hydrogen-bond acceptors (Lipinski definition) is 2. The molecule has 2 rings (SSSR count). The minimum absolute atomic E-state index is 0.0534. The van der Waals surface area contributed by atoms with Crippen LogP contribution >= 0.6 is 0 Å². The van der Waals surface area contributed by atoms with E-state index in [1.807, 2.05) is 31.2 Å². The molecule has 0 aromatic heterocycles. The third kappa shape index (κ3) is 3.10. The molecule has 19 heavy (non-hydrogen) atoms. The lowest BCUT2D eigenvalue weighted by Gasteiger charge is -2.10. The second-order valence-corrected chi connectivity index (χ2v) is 4.22. The zero-order valence-electron chi connectivity index (χ0n) is 10.5. The number of para-hydroxylation sites is 1. The number of primary amides is 1. The van der Waals surface area contributed by atoms with Gasteiger partial charge in [-0.1, -0.05) is 18.2 Å². The maximum Gasteiger partial charge on any atom is 0.248 e. The summed E-state index contributed by atoms with van der Waals surface area (Å²) in [7, 11) is 0. The maximum absolute atomic E-state index is 13.6. The molecular formula is C15H14FNO2. The molecule has 0 spiro atoms. The van der Waals surface area contributed by atoms with Crippen molar-refractivity contribution in [3.05, 3.63) is 65.0 Å². The fraction of sp³-hybridized carbons (Fsp3) is 0.133.